The fourth-order valence-electron chi connectivity index (χ4n) is 3.13. The van der Waals surface area contributed by atoms with Gasteiger partial charge in [0, 0.05) is 30.0 Å². The normalized spacial score (nSPS) is 18.2. The Morgan fingerprint density at radius 1 is 1.14 bits per heavy atom. The van der Waals surface area contributed by atoms with E-state index in [0.29, 0.717) is 13.2 Å². The van der Waals surface area contributed by atoms with Gasteiger partial charge in [-0.05, 0) is 32.9 Å². The molecule has 1 unspecified atom stereocenters. The summed E-state index contributed by atoms with van der Waals surface area (Å²) in [6, 6.07) is 2.07. The lowest BCUT2D eigenvalue weighted by atomic mass is 10.00. The van der Waals surface area contributed by atoms with Crippen LogP contribution in [0.2, 0.25) is 0 Å². The third kappa shape index (κ3) is 4.46. The second-order valence-corrected chi connectivity index (χ2v) is 8.97. The van der Waals surface area contributed by atoms with Crippen LogP contribution in [0.5, 0.6) is 0 Å². The minimum Gasteiger partial charge on any atom is -0.398 e. The van der Waals surface area contributed by atoms with Gasteiger partial charge in [0.15, 0.2) is 0 Å². The molecule has 1 aliphatic heterocycles. The molecule has 1 aromatic rings. The van der Waals surface area contributed by atoms with Crippen LogP contribution in [0.15, 0.2) is 12.1 Å². The number of alkyl halides is 3. The first-order valence-electron chi connectivity index (χ1n) is 9.00. The molecule has 1 fully saturated rings. The highest BCUT2D eigenvalue weighted by atomic mass is 31.2. The van der Waals surface area contributed by atoms with E-state index in [1.165, 1.54) is 13.0 Å². The van der Waals surface area contributed by atoms with Crippen LogP contribution in [-0.2, 0) is 29.8 Å². The molecule has 11 heteroatoms. The Bertz CT molecular complexity index is 727. The van der Waals surface area contributed by atoms with Crippen molar-refractivity contribution in [3.63, 3.8) is 0 Å². The number of nitrogens with zero attached hydrogens (tertiary/aromatic N) is 1. The van der Waals surface area contributed by atoms with Gasteiger partial charge in [-0.25, -0.2) is 0 Å². The second-order valence-electron chi connectivity index (χ2n) is 6.53. The molecule has 4 N–H and O–H groups in total. The molecule has 7 nitrogen and oxygen atoms in total. The van der Waals surface area contributed by atoms with Crippen molar-refractivity contribution >= 4 is 19.0 Å². The molecule has 1 aromatic carbocycles. The highest BCUT2D eigenvalue weighted by Crippen LogP contribution is 2.63. The standard InChI is InChI=1S/C17H27F3N3O4P/c1-4-26-28(24,27-5-2)16(3,22)12-11-15(23-6-8-25-9-7-23)13(10-14(12)21)17(18,19)20/h10-11H,4-9,21-22H2,1-3H3. The van der Waals surface area contributed by atoms with Crippen LogP contribution < -0.4 is 16.4 Å². The SMILES string of the molecule is CCOP(=O)(OCC)C(C)(N)c1cc(N2CCOCC2)c(C(F)(F)F)cc1N. The van der Waals surface area contributed by atoms with Gasteiger partial charge in [-0.3, -0.25) is 4.57 Å². The summed E-state index contributed by atoms with van der Waals surface area (Å²) < 4.78 is 70.1. The summed E-state index contributed by atoms with van der Waals surface area (Å²) in [6.07, 6.45) is -4.62. The van der Waals surface area contributed by atoms with Crippen LogP contribution in [-0.4, -0.2) is 39.5 Å². The Balaban J connectivity index is 2.65. The predicted molar refractivity (Wildman–Crippen MR) is 101 cm³/mol. The summed E-state index contributed by atoms with van der Waals surface area (Å²) in [4.78, 5) is 1.55. The van der Waals surface area contributed by atoms with Gasteiger partial charge in [0.1, 0.15) is 5.28 Å². The van der Waals surface area contributed by atoms with Gasteiger partial charge in [-0.15, -0.1) is 0 Å². The van der Waals surface area contributed by atoms with Crippen molar-refractivity contribution in [2.24, 2.45) is 5.73 Å². The lowest BCUT2D eigenvalue weighted by Crippen LogP contribution is -2.39. The lowest BCUT2D eigenvalue weighted by Gasteiger charge is -2.36. The zero-order valence-corrected chi connectivity index (χ0v) is 17.1. The van der Waals surface area contributed by atoms with Crippen LogP contribution in [0.3, 0.4) is 0 Å². The van der Waals surface area contributed by atoms with Crippen molar-refractivity contribution in [3.8, 4) is 0 Å². The zero-order chi connectivity index (χ0) is 21.2. The number of anilines is 2. The number of hydrogen-bond donors (Lipinski definition) is 2. The van der Waals surface area contributed by atoms with Gasteiger partial charge >= 0.3 is 13.8 Å². The van der Waals surface area contributed by atoms with E-state index in [1.807, 2.05) is 0 Å². The van der Waals surface area contributed by atoms with Crippen LogP contribution in [0.4, 0.5) is 24.5 Å². The molecule has 1 aliphatic rings. The molecule has 0 spiro atoms. The maximum atomic E-state index is 13.6. The minimum atomic E-state index is -4.62. The van der Waals surface area contributed by atoms with E-state index in [-0.39, 0.29) is 43.2 Å². The monoisotopic (exact) mass is 425 g/mol. The van der Waals surface area contributed by atoms with E-state index >= 15 is 0 Å². The summed E-state index contributed by atoms with van der Waals surface area (Å²) >= 11 is 0. The molecule has 1 atom stereocenters. The average Bonchev–Trinajstić information content (AvgIpc) is 2.61. The van der Waals surface area contributed by atoms with Gasteiger partial charge in [0.25, 0.3) is 0 Å². The number of ether oxygens (including phenoxy) is 1. The topological polar surface area (TPSA) is 100 Å². The minimum absolute atomic E-state index is 0.0565. The van der Waals surface area contributed by atoms with Crippen molar-refractivity contribution < 1.29 is 31.5 Å². The quantitative estimate of drug-likeness (QED) is 0.509. The van der Waals surface area contributed by atoms with E-state index in [4.69, 9.17) is 25.3 Å². The summed E-state index contributed by atoms with van der Waals surface area (Å²) in [6.45, 7) is 5.90. The van der Waals surface area contributed by atoms with Crippen molar-refractivity contribution in [2.75, 3.05) is 50.2 Å². The van der Waals surface area contributed by atoms with Crippen molar-refractivity contribution in [2.45, 2.75) is 32.2 Å². The van der Waals surface area contributed by atoms with Gasteiger partial charge < -0.3 is 30.2 Å². The van der Waals surface area contributed by atoms with Gasteiger partial charge in [0.05, 0.1) is 32.0 Å². The molecule has 1 heterocycles. The van der Waals surface area contributed by atoms with E-state index in [1.54, 1.807) is 18.7 Å². The van der Waals surface area contributed by atoms with Gasteiger partial charge in [0.2, 0.25) is 0 Å². The maximum absolute atomic E-state index is 13.6. The van der Waals surface area contributed by atoms with E-state index in [9.17, 15) is 17.7 Å². The Morgan fingerprint density at radius 2 is 1.68 bits per heavy atom. The third-order valence-electron chi connectivity index (χ3n) is 4.54. The van der Waals surface area contributed by atoms with E-state index in [0.717, 1.165) is 6.07 Å². The fourth-order valence-corrected chi connectivity index (χ4v) is 4.91. The predicted octanol–water partition coefficient (Wildman–Crippen LogP) is 3.52. The van der Waals surface area contributed by atoms with Crippen molar-refractivity contribution in [1.82, 2.24) is 0 Å². The molecule has 2 rings (SSSR count). The Labute approximate surface area is 162 Å². The van der Waals surface area contributed by atoms with Crippen molar-refractivity contribution in [3.05, 3.63) is 23.3 Å². The fraction of sp³-hybridized carbons (Fsp3) is 0.647. The first kappa shape index (κ1) is 23.0. The number of nitrogens with two attached hydrogens (primary N) is 2. The molecule has 0 aromatic heterocycles. The highest BCUT2D eigenvalue weighted by molar-refractivity contribution is 7.55. The number of halogens is 3. The Hall–Kier alpha value is -1.32. The summed E-state index contributed by atoms with van der Waals surface area (Å²) in [5.74, 6) is 0. The summed E-state index contributed by atoms with van der Waals surface area (Å²) in [5.41, 5.74) is 11.1. The van der Waals surface area contributed by atoms with Crippen LogP contribution in [0.25, 0.3) is 0 Å². The average molecular weight is 425 g/mol. The second kappa shape index (κ2) is 8.59. The highest BCUT2D eigenvalue weighted by Gasteiger charge is 2.48. The molecule has 28 heavy (non-hydrogen) atoms. The zero-order valence-electron chi connectivity index (χ0n) is 16.2. The Kier molecular flexibility index (Phi) is 7.04. The molecule has 160 valence electrons. The molecule has 0 saturated carbocycles. The van der Waals surface area contributed by atoms with Crippen molar-refractivity contribution in [1.29, 1.82) is 0 Å². The third-order valence-corrected chi connectivity index (χ3v) is 7.11. The molecule has 0 bridgehead atoms. The van der Waals surface area contributed by atoms with E-state index in [2.05, 4.69) is 0 Å². The molecular formula is C17H27F3N3O4P. The molecular weight excluding hydrogens is 398 g/mol. The molecule has 0 radical (unpaired) electrons. The number of morpholine rings is 1. The summed E-state index contributed by atoms with van der Waals surface area (Å²) in [5, 5.41) is -1.74. The van der Waals surface area contributed by atoms with Crippen LogP contribution in [0, 0.1) is 0 Å². The van der Waals surface area contributed by atoms with Gasteiger partial charge in [-0.2, -0.15) is 13.2 Å². The number of nitrogen functional groups attached to an aromatic ring is 1. The van der Waals surface area contributed by atoms with Crippen LogP contribution in [0.1, 0.15) is 31.9 Å². The first-order chi connectivity index (χ1) is 13.0. The number of benzene rings is 1. The molecule has 1 saturated heterocycles. The number of rotatable bonds is 7. The van der Waals surface area contributed by atoms with E-state index < -0.39 is 24.6 Å². The van der Waals surface area contributed by atoms with Gasteiger partial charge in [-0.1, -0.05) is 0 Å². The maximum Gasteiger partial charge on any atom is 0.418 e. The lowest BCUT2D eigenvalue weighted by molar-refractivity contribution is -0.137. The van der Waals surface area contributed by atoms with Crippen LogP contribution >= 0.6 is 7.60 Å². The molecule has 0 aliphatic carbocycles. The molecule has 0 amide bonds. The first-order valence-corrected chi connectivity index (χ1v) is 10.5. The summed E-state index contributed by atoms with van der Waals surface area (Å²) in [7, 11) is -3.91. The number of hydrogen-bond acceptors (Lipinski definition) is 7. The largest absolute Gasteiger partial charge is 0.418 e. The smallest absolute Gasteiger partial charge is 0.398 e. The Morgan fingerprint density at radius 3 is 2.14 bits per heavy atom.